The molecular weight excluding hydrogens is 276 g/mol. The van der Waals surface area contributed by atoms with Gasteiger partial charge in [0.15, 0.2) is 0 Å². The summed E-state index contributed by atoms with van der Waals surface area (Å²) in [6.07, 6.45) is 0.297. The molecule has 0 N–H and O–H groups in total. The summed E-state index contributed by atoms with van der Waals surface area (Å²) >= 11 is 0. The maximum atomic E-state index is 11.7. The van der Waals surface area contributed by atoms with Gasteiger partial charge in [-0.3, -0.25) is 4.79 Å². The van der Waals surface area contributed by atoms with E-state index in [-0.39, 0.29) is 6.61 Å². The summed E-state index contributed by atoms with van der Waals surface area (Å²) in [7, 11) is 1.47. The number of carbonyl (C=O) groups is 1. The van der Waals surface area contributed by atoms with Crippen LogP contribution in [0.5, 0.6) is 0 Å². The SMILES string of the molecule is CCOC(=O)C(Cc1ccccc1)CS(=O)(=O)Cl. The second-order valence-corrected chi connectivity index (χ2v) is 6.67. The van der Waals surface area contributed by atoms with E-state index in [4.69, 9.17) is 15.4 Å². The summed E-state index contributed by atoms with van der Waals surface area (Å²) in [5.41, 5.74) is 0.871. The van der Waals surface area contributed by atoms with Crippen molar-refractivity contribution in [3.05, 3.63) is 35.9 Å². The zero-order valence-corrected chi connectivity index (χ0v) is 11.6. The molecule has 0 heterocycles. The number of benzene rings is 1. The molecule has 0 saturated carbocycles. The van der Waals surface area contributed by atoms with Crippen LogP contribution in [0.4, 0.5) is 0 Å². The van der Waals surface area contributed by atoms with Crippen molar-refractivity contribution >= 4 is 25.7 Å². The Bertz CT molecular complexity index is 484. The van der Waals surface area contributed by atoms with Crippen LogP contribution in [0.15, 0.2) is 30.3 Å². The molecule has 0 radical (unpaired) electrons. The molecule has 4 nitrogen and oxygen atoms in total. The number of halogens is 1. The van der Waals surface area contributed by atoms with Crippen LogP contribution in [0.3, 0.4) is 0 Å². The Hall–Kier alpha value is -1.07. The molecule has 1 aromatic carbocycles. The van der Waals surface area contributed by atoms with E-state index in [1.165, 1.54) is 0 Å². The molecule has 0 fully saturated rings. The van der Waals surface area contributed by atoms with Gasteiger partial charge in [-0.15, -0.1) is 0 Å². The first-order chi connectivity index (χ1) is 8.42. The molecule has 6 heteroatoms. The van der Waals surface area contributed by atoms with Crippen molar-refractivity contribution in [3.8, 4) is 0 Å². The third kappa shape index (κ3) is 5.51. The molecule has 1 rings (SSSR count). The topological polar surface area (TPSA) is 60.4 Å². The third-order valence-electron chi connectivity index (χ3n) is 2.35. The van der Waals surface area contributed by atoms with Gasteiger partial charge in [0.25, 0.3) is 0 Å². The van der Waals surface area contributed by atoms with Crippen LogP contribution in [0.1, 0.15) is 12.5 Å². The van der Waals surface area contributed by atoms with E-state index >= 15 is 0 Å². The van der Waals surface area contributed by atoms with Crippen molar-refractivity contribution in [2.75, 3.05) is 12.4 Å². The van der Waals surface area contributed by atoms with Crippen molar-refractivity contribution in [1.29, 1.82) is 0 Å². The Kier molecular flexibility index (Phi) is 5.62. The van der Waals surface area contributed by atoms with E-state index in [1.54, 1.807) is 6.92 Å². The fourth-order valence-electron chi connectivity index (χ4n) is 1.61. The van der Waals surface area contributed by atoms with Crippen molar-refractivity contribution in [2.24, 2.45) is 5.92 Å². The molecule has 0 aliphatic rings. The first-order valence-corrected chi connectivity index (χ1v) is 8.03. The number of ether oxygens (including phenoxy) is 1. The molecule has 0 saturated heterocycles. The number of rotatable bonds is 6. The quantitative estimate of drug-likeness (QED) is 0.594. The zero-order chi connectivity index (χ0) is 13.6. The largest absolute Gasteiger partial charge is 0.466 e. The van der Waals surface area contributed by atoms with Gasteiger partial charge in [0.05, 0.1) is 18.3 Å². The van der Waals surface area contributed by atoms with Gasteiger partial charge in [0.2, 0.25) is 9.05 Å². The van der Waals surface area contributed by atoms with Crippen molar-refractivity contribution < 1.29 is 17.9 Å². The lowest BCUT2D eigenvalue weighted by Gasteiger charge is -2.13. The second-order valence-electron chi connectivity index (χ2n) is 3.84. The molecular formula is C12H15ClO4S. The van der Waals surface area contributed by atoms with Crippen molar-refractivity contribution in [2.45, 2.75) is 13.3 Å². The molecule has 1 atom stereocenters. The Morgan fingerprint density at radius 2 is 1.94 bits per heavy atom. The Balaban J connectivity index is 2.81. The van der Waals surface area contributed by atoms with Crippen molar-refractivity contribution in [3.63, 3.8) is 0 Å². The normalized spacial score (nSPS) is 13.0. The standard InChI is InChI=1S/C12H15ClO4S/c1-2-17-12(14)11(9-18(13,15)16)8-10-6-4-3-5-7-10/h3-7,11H,2,8-9H2,1H3. The monoisotopic (exact) mass is 290 g/mol. The molecule has 0 aromatic heterocycles. The third-order valence-corrected chi connectivity index (χ3v) is 3.52. The molecule has 0 bridgehead atoms. The predicted molar refractivity (Wildman–Crippen MR) is 69.9 cm³/mol. The molecule has 18 heavy (non-hydrogen) atoms. The van der Waals surface area contributed by atoms with E-state index in [0.717, 1.165) is 5.56 Å². The highest BCUT2D eigenvalue weighted by Gasteiger charge is 2.25. The van der Waals surface area contributed by atoms with Gasteiger partial charge in [-0.25, -0.2) is 8.42 Å². The molecule has 0 aliphatic heterocycles. The van der Waals surface area contributed by atoms with Crippen molar-refractivity contribution in [1.82, 2.24) is 0 Å². The van der Waals surface area contributed by atoms with Gasteiger partial charge in [-0.05, 0) is 18.9 Å². The van der Waals surface area contributed by atoms with E-state index in [1.807, 2.05) is 30.3 Å². The lowest BCUT2D eigenvalue weighted by Crippen LogP contribution is -2.26. The lowest BCUT2D eigenvalue weighted by atomic mass is 10.0. The fourth-order valence-corrected chi connectivity index (χ4v) is 2.80. The highest BCUT2D eigenvalue weighted by atomic mass is 35.7. The average molecular weight is 291 g/mol. The first kappa shape index (κ1) is 15.0. The summed E-state index contributed by atoms with van der Waals surface area (Å²) in [5.74, 6) is -1.72. The predicted octanol–water partition coefficient (Wildman–Crippen LogP) is 1.98. The van der Waals surface area contributed by atoms with Crippen LogP contribution >= 0.6 is 10.7 Å². The Labute approximate surface area is 111 Å². The van der Waals surface area contributed by atoms with E-state index in [2.05, 4.69) is 0 Å². The summed E-state index contributed by atoms with van der Waals surface area (Å²) in [5, 5.41) is 0. The van der Waals surface area contributed by atoms with E-state index in [0.29, 0.717) is 6.42 Å². The minimum atomic E-state index is -3.74. The first-order valence-electron chi connectivity index (χ1n) is 5.55. The maximum absolute atomic E-state index is 11.7. The van der Waals surface area contributed by atoms with Gasteiger partial charge in [0.1, 0.15) is 0 Å². The van der Waals surface area contributed by atoms with Gasteiger partial charge in [0, 0.05) is 10.7 Å². The van der Waals surface area contributed by atoms with Crippen LogP contribution in [0.25, 0.3) is 0 Å². The maximum Gasteiger partial charge on any atom is 0.310 e. The number of carbonyl (C=O) groups excluding carboxylic acids is 1. The summed E-state index contributed by atoms with van der Waals surface area (Å²) in [4.78, 5) is 11.7. The summed E-state index contributed by atoms with van der Waals surface area (Å²) < 4.78 is 27.1. The summed E-state index contributed by atoms with van der Waals surface area (Å²) in [6, 6.07) is 9.15. The molecule has 1 aromatic rings. The van der Waals surface area contributed by atoms with E-state index in [9.17, 15) is 13.2 Å². The van der Waals surface area contributed by atoms with Gasteiger partial charge >= 0.3 is 5.97 Å². The van der Waals surface area contributed by atoms with Gasteiger partial charge in [-0.2, -0.15) is 0 Å². The molecule has 1 unspecified atom stereocenters. The average Bonchev–Trinajstić information content (AvgIpc) is 2.28. The highest BCUT2D eigenvalue weighted by molar-refractivity contribution is 8.13. The Morgan fingerprint density at radius 3 is 2.44 bits per heavy atom. The fraction of sp³-hybridized carbons (Fsp3) is 0.417. The van der Waals surface area contributed by atoms with Gasteiger partial charge < -0.3 is 4.74 Å². The second kappa shape index (κ2) is 6.75. The highest BCUT2D eigenvalue weighted by Crippen LogP contribution is 2.15. The number of hydrogen-bond donors (Lipinski definition) is 0. The van der Waals surface area contributed by atoms with Gasteiger partial charge in [-0.1, -0.05) is 30.3 Å². The smallest absolute Gasteiger partial charge is 0.310 e. The van der Waals surface area contributed by atoms with Crippen LogP contribution < -0.4 is 0 Å². The summed E-state index contributed by atoms with van der Waals surface area (Å²) in [6.45, 7) is 1.89. The number of hydrogen-bond acceptors (Lipinski definition) is 4. The van der Waals surface area contributed by atoms with Crippen LogP contribution in [-0.2, 0) is 25.0 Å². The minimum Gasteiger partial charge on any atom is -0.466 e. The van der Waals surface area contributed by atoms with Crippen LogP contribution in [0.2, 0.25) is 0 Å². The molecule has 0 aliphatic carbocycles. The molecule has 0 amide bonds. The lowest BCUT2D eigenvalue weighted by molar-refractivity contribution is -0.147. The minimum absolute atomic E-state index is 0.215. The number of esters is 1. The van der Waals surface area contributed by atoms with E-state index < -0.39 is 26.7 Å². The molecule has 100 valence electrons. The van der Waals surface area contributed by atoms with Crippen LogP contribution in [-0.4, -0.2) is 26.7 Å². The zero-order valence-electron chi connectivity index (χ0n) is 10.0. The molecule has 0 spiro atoms. The van der Waals surface area contributed by atoms with Crippen LogP contribution in [0, 0.1) is 5.92 Å². The Morgan fingerprint density at radius 1 is 1.33 bits per heavy atom.